The van der Waals surface area contributed by atoms with Crippen LogP contribution < -0.4 is 5.32 Å². The average molecular weight is 497 g/mol. The maximum Gasteiger partial charge on any atom is 0.211 e. The average Bonchev–Trinajstić information content (AvgIpc) is 3.32. The molecule has 1 saturated heterocycles. The topological polar surface area (TPSA) is 88.7 Å². The lowest BCUT2D eigenvalue weighted by molar-refractivity contribution is 0.152. The zero-order valence-electron chi connectivity index (χ0n) is 17.6. The molecule has 32 heavy (non-hydrogen) atoms. The Morgan fingerprint density at radius 1 is 1.12 bits per heavy atom. The van der Waals surface area contributed by atoms with Crippen LogP contribution in [0, 0.1) is 0 Å². The molecule has 3 heterocycles. The number of aromatic amines is 1. The van der Waals surface area contributed by atoms with Crippen LogP contribution in [0.25, 0.3) is 22.2 Å². The number of benzene rings is 2. The summed E-state index contributed by atoms with van der Waals surface area (Å²) in [5.41, 5.74) is 5.90. The minimum Gasteiger partial charge on any atom is -0.374 e. The minimum absolute atomic E-state index is 0. The highest BCUT2D eigenvalue weighted by Crippen LogP contribution is 2.38. The van der Waals surface area contributed by atoms with Gasteiger partial charge in [0.25, 0.3) is 0 Å². The van der Waals surface area contributed by atoms with Crippen LogP contribution in [0.4, 0.5) is 0 Å². The van der Waals surface area contributed by atoms with Gasteiger partial charge in [-0.3, -0.25) is 10.2 Å². The Bertz CT molecular complexity index is 1250. The summed E-state index contributed by atoms with van der Waals surface area (Å²) in [5.74, 6) is 0. The first kappa shape index (κ1) is 23.5. The Balaban J connectivity index is 0.00000245. The third-order valence-corrected chi connectivity index (χ3v) is 7.88. The monoisotopic (exact) mass is 496 g/mol. The summed E-state index contributed by atoms with van der Waals surface area (Å²) in [5, 5.41) is 15.2. The quantitative estimate of drug-likeness (QED) is 0.516. The summed E-state index contributed by atoms with van der Waals surface area (Å²) in [6.07, 6.45) is 0.543. The van der Waals surface area contributed by atoms with Gasteiger partial charge in [-0.05, 0) is 35.4 Å². The molecular weight excluding hydrogens is 471 g/mol. The molecule has 3 N–H and O–H groups in total. The molecule has 7 nitrogen and oxygen atoms in total. The predicted octanol–water partition coefficient (Wildman–Crippen LogP) is 3.08. The molecule has 1 atom stereocenters. The van der Waals surface area contributed by atoms with Gasteiger partial charge in [0.2, 0.25) is 10.0 Å². The van der Waals surface area contributed by atoms with E-state index in [2.05, 4.69) is 39.5 Å². The number of fused-ring (bicyclic) bond motifs is 2. The standard InChI is InChI=1S/C22H25ClN4O3S.ClH/c1-31(29,30)27-8-6-26(7-9-27)13-14-2-5-19-15(10-14)11-20(25-19)16-3-4-18(23)17-12-24-22(28)21(16)17;/h2-5,10-11,22,24-25,28H,6-9,12-13H2,1H3;1H. The normalized spacial score (nSPS) is 19.8. The summed E-state index contributed by atoms with van der Waals surface area (Å²) in [6, 6.07) is 12.3. The Labute approximate surface area is 198 Å². The maximum atomic E-state index is 11.7. The summed E-state index contributed by atoms with van der Waals surface area (Å²) in [4.78, 5) is 5.75. The smallest absolute Gasteiger partial charge is 0.211 e. The van der Waals surface area contributed by atoms with Gasteiger partial charge >= 0.3 is 0 Å². The second-order valence-electron chi connectivity index (χ2n) is 8.31. The van der Waals surface area contributed by atoms with Gasteiger partial charge in [-0.25, -0.2) is 8.42 Å². The van der Waals surface area contributed by atoms with Gasteiger partial charge in [0, 0.05) is 72.0 Å². The number of nitrogens with one attached hydrogen (secondary N) is 2. The minimum atomic E-state index is -3.11. The van der Waals surface area contributed by atoms with Crippen LogP contribution in [0.15, 0.2) is 36.4 Å². The summed E-state index contributed by atoms with van der Waals surface area (Å²) < 4.78 is 24.9. The number of rotatable bonds is 4. The van der Waals surface area contributed by atoms with Gasteiger partial charge in [-0.1, -0.05) is 23.7 Å². The van der Waals surface area contributed by atoms with Gasteiger partial charge in [-0.15, -0.1) is 12.4 Å². The number of hydrogen-bond acceptors (Lipinski definition) is 5. The lowest BCUT2D eigenvalue weighted by atomic mass is 10.00. The van der Waals surface area contributed by atoms with Gasteiger partial charge in [-0.2, -0.15) is 4.31 Å². The van der Waals surface area contributed by atoms with E-state index >= 15 is 0 Å². The third-order valence-electron chi connectivity index (χ3n) is 6.23. The molecule has 5 rings (SSSR count). The molecule has 2 aromatic carbocycles. The molecule has 1 aromatic heterocycles. The van der Waals surface area contributed by atoms with Gasteiger partial charge in [0.15, 0.2) is 0 Å². The number of sulfonamides is 1. The van der Waals surface area contributed by atoms with Crippen molar-refractivity contribution in [2.45, 2.75) is 19.3 Å². The fourth-order valence-electron chi connectivity index (χ4n) is 4.57. The highest BCUT2D eigenvalue weighted by Gasteiger charge is 2.26. The fourth-order valence-corrected chi connectivity index (χ4v) is 5.63. The van der Waals surface area contributed by atoms with Crippen molar-refractivity contribution in [1.82, 2.24) is 19.5 Å². The SMILES string of the molecule is CS(=O)(=O)N1CCN(Cc2ccc3[nH]c(-c4ccc(Cl)c5c4C(O)NC5)cc3c2)CC1.Cl. The van der Waals surface area contributed by atoms with Crippen molar-refractivity contribution >= 4 is 44.9 Å². The Morgan fingerprint density at radius 2 is 1.88 bits per heavy atom. The molecule has 0 bridgehead atoms. The van der Waals surface area contributed by atoms with Crippen molar-refractivity contribution in [3.63, 3.8) is 0 Å². The molecule has 3 aromatic rings. The summed E-state index contributed by atoms with van der Waals surface area (Å²) in [6.45, 7) is 3.87. The van der Waals surface area contributed by atoms with Crippen LogP contribution in [0.3, 0.4) is 0 Å². The molecule has 1 fully saturated rings. The van der Waals surface area contributed by atoms with Crippen LogP contribution in [0.2, 0.25) is 5.02 Å². The van der Waals surface area contributed by atoms with Crippen molar-refractivity contribution in [1.29, 1.82) is 0 Å². The molecule has 0 saturated carbocycles. The highest BCUT2D eigenvalue weighted by molar-refractivity contribution is 7.88. The van der Waals surface area contributed by atoms with E-state index in [4.69, 9.17) is 11.6 Å². The third kappa shape index (κ3) is 4.41. The van der Waals surface area contributed by atoms with Crippen LogP contribution in [0.1, 0.15) is 22.9 Å². The second kappa shape index (κ2) is 8.95. The van der Waals surface area contributed by atoms with E-state index in [9.17, 15) is 13.5 Å². The van der Waals surface area contributed by atoms with E-state index in [0.717, 1.165) is 52.9 Å². The number of aromatic nitrogens is 1. The van der Waals surface area contributed by atoms with E-state index in [1.807, 2.05) is 12.1 Å². The zero-order chi connectivity index (χ0) is 21.8. The molecule has 0 spiro atoms. The highest BCUT2D eigenvalue weighted by atomic mass is 35.5. The van der Waals surface area contributed by atoms with Crippen molar-refractivity contribution in [2.24, 2.45) is 0 Å². The van der Waals surface area contributed by atoms with E-state index < -0.39 is 16.3 Å². The summed E-state index contributed by atoms with van der Waals surface area (Å²) in [7, 11) is -3.11. The van der Waals surface area contributed by atoms with Crippen LogP contribution in [-0.2, 0) is 23.1 Å². The molecular formula is C22H26Cl2N4O3S. The Morgan fingerprint density at radius 3 is 2.59 bits per heavy atom. The molecule has 10 heteroatoms. The van der Waals surface area contributed by atoms with Gasteiger partial charge in [0.05, 0.1) is 6.26 Å². The predicted molar refractivity (Wildman–Crippen MR) is 129 cm³/mol. The van der Waals surface area contributed by atoms with Crippen molar-refractivity contribution < 1.29 is 13.5 Å². The van der Waals surface area contributed by atoms with Crippen molar-refractivity contribution in [3.05, 3.63) is 58.1 Å². The van der Waals surface area contributed by atoms with Crippen molar-refractivity contribution in [3.8, 4) is 11.3 Å². The lowest BCUT2D eigenvalue weighted by Gasteiger charge is -2.33. The first-order valence-corrected chi connectivity index (χ1v) is 12.5. The van der Waals surface area contributed by atoms with Crippen LogP contribution in [-0.4, -0.2) is 60.1 Å². The van der Waals surface area contributed by atoms with E-state index in [0.29, 0.717) is 24.7 Å². The Kier molecular flexibility index (Phi) is 6.57. The van der Waals surface area contributed by atoms with E-state index in [1.165, 1.54) is 11.8 Å². The van der Waals surface area contributed by atoms with E-state index in [-0.39, 0.29) is 12.4 Å². The first-order valence-electron chi connectivity index (χ1n) is 10.3. The zero-order valence-corrected chi connectivity index (χ0v) is 20.0. The van der Waals surface area contributed by atoms with E-state index in [1.54, 1.807) is 4.31 Å². The molecule has 1 unspecified atom stereocenters. The summed E-state index contributed by atoms with van der Waals surface area (Å²) >= 11 is 6.32. The van der Waals surface area contributed by atoms with Crippen molar-refractivity contribution in [2.75, 3.05) is 32.4 Å². The molecule has 0 amide bonds. The first-order chi connectivity index (χ1) is 14.8. The molecule has 0 radical (unpaired) electrons. The molecule has 172 valence electrons. The molecule has 2 aliphatic heterocycles. The molecule has 2 aliphatic rings. The van der Waals surface area contributed by atoms with Crippen LogP contribution >= 0.6 is 24.0 Å². The second-order valence-corrected chi connectivity index (χ2v) is 10.7. The van der Waals surface area contributed by atoms with Gasteiger partial charge in [0.1, 0.15) is 6.23 Å². The fraction of sp³-hybridized carbons (Fsp3) is 0.364. The number of nitrogens with zero attached hydrogens (tertiary/aromatic N) is 2. The number of halogens is 2. The number of aliphatic hydroxyl groups is 1. The lowest BCUT2D eigenvalue weighted by Crippen LogP contribution is -2.47. The number of aliphatic hydroxyl groups excluding tert-OH is 1. The Hall–Kier alpha value is -1.65. The van der Waals surface area contributed by atoms with Crippen LogP contribution in [0.5, 0.6) is 0 Å². The maximum absolute atomic E-state index is 11.7. The largest absolute Gasteiger partial charge is 0.374 e. The molecule has 0 aliphatic carbocycles. The number of piperazine rings is 1. The number of hydrogen-bond donors (Lipinski definition) is 3. The number of H-pyrrole nitrogens is 1. The van der Waals surface area contributed by atoms with Gasteiger partial charge < -0.3 is 10.1 Å².